The van der Waals surface area contributed by atoms with Gasteiger partial charge in [-0.05, 0) is 30.4 Å². The highest BCUT2D eigenvalue weighted by Gasteiger charge is 2.26. The number of unbranched alkanes of at least 4 members (excludes halogenated alkanes) is 8. The first-order chi connectivity index (χ1) is 12.1. The van der Waals surface area contributed by atoms with E-state index >= 15 is 0 Å². The smallest absolute Gasteiger partial charge is 0.141 e. The molecule has 0 aliphatic carbocycles. The van der Waals surface area contributed by atoms with Gasteiger partial charge in [-0.25, -0.2) is 0 Å². The first kappa shape index (κ1) is 25.4. The number of aliphatic hydroxyl groups excluding tert-OH is 2. The topological polar surface area (TPSA) is 68.1 Å². The zero-order chi connectivity index (χ0) is 18.4. The van der Waals surface area contributed by atoms with Crippen LogP contribution in [0.3, 0.4) is 0 Å². The molecule has 4 heteroatoms. The molecule has 0 atom stereocenters. The molecular weight excluding hydrogens is 346 g/mol. The zero-order valence-electron chi connectivity index (χ0n) is 16.7. The normalized spacial score (nSPS) is 11.4. The molecule has 0 amide bonds. The summed E-state index contributed by atoms with van der Waals surface area (Å²) in [5.41, 5.74) is 5.98. The molecule has 5 N–H and O–H groups in total. The molecule has 0 radical (unpaired) electrons. The second-order valence-electron chi connectivity index (χ2n) is 7.71. The number of halogens is 1. The van der Waals surface area contributed by atoms with Crippen molar-refractivity contribution in [2.24, 2.45) is 0 Å². The molecule has 0 saturated carbocycles. The lowest BCUT2D eigenvalue weighted by Crippen LogP contribution is -3.00. The summed E-state index contributed by atoms with van der Waals surface area (Å²) in [5, 5.41) is 18.6. The largest absolute Gasteiger partial charge is 1.00 e. The summed E-state index contributed by atoms with van der Waals surface area (Å²) in [7, 11) is 0. The molecule has 1 aromatic rings. The Labute approximate surface area is 166 Å². The molecule has 1 aromatic carbocycles. The average molecular weight is 386 g/mol. The standard InChI is InChI=1S/C22H39NO2.ClH/c1-2-3-4-5-6-7-8-9-10-11-20-12-14-21(15-13-20)16-17-22(23,18-24)19-25;/h12-15,24-25H,2-11,16-19,23H2,1H3;1H. The molecule has 0 saturated heterocycles. The van der Waals surface area contributed by atoms with Gasteiger partial charge in [0, 0.05) is 6.42 Å². The molecule has 0 aliphatic heterocycles. The molecule has 0 bridgehead atoms. The highest BCUT2D eigenvalue weighted by Crippen LogP contribution is 2.14. The van der Waals surface area contributed by atoms with Crippen LogP contribution in [0, 0.1) is 0 Å². The lowest BCUT2D eigenvalue weighted by molar-refractivity contribution is -0.491. The predicted molar refractivity (Wildman–Crippen MR) is 105 cm³/mol. The van der Waals surface area contributed by atoms with Crippen LogP contribution in [0.1, 0.15) is 82.3 Å². The minimum atomic E-state index is -0.616. The van der Waals surface area contributed by atoms with Crippen LogP contribution in [0.25, 0.3) is 0 Å². The van der Waals surface area contributed by atoms with Crippen molar-refractivity contribution in [1.29, 1.82) is 0 Å². The van der Waals surface area contributed by atoms with Gasteiger partial charge in [0.25, 0.3) is 0 Å². The van der Waals surface area contributed by atoms with E-state index in [2.05, 4.69) is 36.9 Å². The van der Waals surface area contributed by atoms with Crippen molar-refractivity contribution >= 4 is 0 Å². The summed E-state index contributed by atoms with van der Waals surface area (Å²) >= 11 is 0. The minimum Gasteiger partial charge on any atom is -1.00 e. The maximum atomic E-state index is 9.30. The summed E-state index contributed by atoms with van der Waals surface area (Å²) in [5.74, 6) is 0. The van der Waals surface area contributed by atoms with Crippen molar-refractivity contribution in [2.75, 3.05) is 13.2 Å². The molecule has 152 valence electrons. The average Bonchev–Trinajstić information content (AvgIpc) is 2.65. The van der Waals surface area contributed by atoms with E-state index in [4.69, 9.17) is 0 Å². The van der Waals surface area contributed by atoms with Crippen molar-refractivity contribution in [2.45, 2.75) is 89.5 Å². The number of quaternary nitrogens is 1. The summed E-state index contributed by atoms with van der Waals surface area (Å²) in [6.45, 7) is 2.13. The van der Waals surface area contributed by atoms with E-state index in [1.54, 1.807) is 0 Å². The number of hydrogen-bond acceptors (Lipinski definition) is 2. The van der Waals surface area contributed by atoms with E-state index in [0.29, 0.717) is 6.42 Å². The Morgan fingerprint density at radius 2 is 1.15 bits per heavy atom. The fourth-order valence-electron chi connectivity index (χ4n) is 3.13. The molecule has 26 heavy (non-hydrogen) atoms. The van der Waals surface area contributed by atoms with Crippen LogP contribution < -0.4 is 18.1 Å². The van der Waals surface area contributed by atoms with Crippen LogP contribution in [-0.2, 0) is 12.8 Å². The van der Waals surface area contributed by atoms with Crippen molar-refractivity contribution in [1.82, 2.24) is 0 Å². The van der Waals surface area contributed by atoms with Crippen LogP contribution in [0.2, 0.25) is 0 Å². The number of rotatable bonds is 15. The maximum Gasteiger partial charge on any atom is 0.141 e. The van der Waals surface area contributed by atoms with Crippen molar-refractivity contribution in [3.63, 3.8) is 0 Å². The summed E-state index contributed by atoms with van der Waals surface area (Å²) in [6.07, 6.45) is 15.1. The lowest BCUT2D eigenvalue weighted by Gasteiger charge is -2.20. The fraction of sp³-hybridized carbons (Fsp3) is 0.727. The second kappa shape index (κ2) is 15.4. The van der Waals surface area contributed by atoms with Crippen molar-refractivity contribution < 1.29 is 28.4 Å². The van der Waals surface area contributed by atoms with Gasteiger partial charge < -0.3 is 28.4 Å². The third-order valence-electron chi connectivity index (χ3n) is 5.21. The van der Waals surface area contributed by atoms with Gasteiger partial charge in [0.1, 0.15) is 18.8 Å². The molecule has 0 spiro atoms. The Hall–Kier alpha value is -0.610. The first-order valence-electron chi connectivity index (χ1n) is 10.3. The van der Waals surface area contributed by atoms with E-state index < -0.39 is 5.54 Å². The van der Waals surface area contributed by atoms with Gasteiger partial charge in [-0.3, -0.25) is 0 Å². The van der Waals surface area contributed by atoms with Gasteiger partial charge in [-0.2, -0.15) is 0 Å². The highest BCUT2D eigenvalue weighted by atomic mass is 35.5. The quantitative estimate of drug-likeness (QED) is 0.388. The number of benzene rings is 1. The Morgan fingerprint density at radius 3 is 1.62 bits per heavy atom. The van der Waals surface area contributed by atoms with Crippen molar-refractivity contribution in [3.05, 3.63) is 35.4 Å². The van der Waals surface area contributed by atoms with Gasteiger partial charge in [0.05, 0.1) is 0 Å². The van der Waals surface area contributed by atoms with Crippen LogP contribution in [0.4, 0.5) is 0 Å². The molecule has 3 nitrogen and oxygen atoms in total. The van der Waals surface area contributed by atoms with E-state index in [1.165, 1.54) is 75.3 Å². The number of aliphatic hydroxyl groups is 2. The summed E-state index contributed by atoms with van der Waals surface area (Å²) < 4.78 is 0. The van der Waals surface area contributed by atoms with Gasteiger partial charge in [0.15, 0.2) is 0 Å². The van der Waals surface area contributed by atoms with Crippen LogP contribution in [0.15, 0.2) is 24.3 Å². The van der Waals surface area contributed by atoms with Crippen molar-refractivity contribution in [3.8, 4) is 0 Å². The molecule has 0 unspecified atom stereocenters. The molecule has 0 aliphatic rings. The van der Waals surface area contributed by atoms with Crippen LogP contribution in [-0.4, -0.2) is 29.0 Å². The van der Waals surface area contributed by atoms with E-state index in [-0.39, 0.29) is 25.6 Å². The fourth-order valence-corrected chi connectivity index (χ4v) is 3.13. The molecule has 0 fully saturated rings. The SMILES string of the molecule is CCCCCCCCCCCc1ccc(CCC([NH3+])(CO)CO)cc1.[Cl-]. The highest BCUT2D eigenvalue weighted by molar-refractivity contribution is 5.23. The Balaban J connectivity index is 0.00000625. The zero-order valence-corrected chi connectivity index (χ0v) is 17.4. The van der Waals surface area contributed by atoms with Gasteiger partial charge in [-0.15, -0.1) is 0 Å². The molecule has 0 heterocycles. The minimum absolute atomic E-state index is 0. The maximum absolute atomic E-state index is 9.30. The summed E-state index contributed by atoms with van der Waals surface area (Å²) in [6, 6.07) is 8.81. The van der Waals surface area contributed by atoms with Crippen LogP contribution in [0.5, 0.6) is 0 Å². The summed E-state index contributed by atoms with van der Waals surface area (Å²) in [4.78, 5) is 0. The van der Waals surface area contributed by atoms with Crippen LogP contribution >= 0.6 is 0 Å². The van der Waals surface area contributed by atoms with Gasteiger partial charge in [0.2, 0.25) is 0 Å². The Kier molecular flexibility index (Phi) is 15.1. The van der Waals surface area contributed by atoms with Gasteiger partial charge >= 0.3 is 0 Å². The van der Waals surface area contributed by atoms with E-state index in [0.717, 1.165) is 6.42 Å². The molecule has 0 aromatic heterocycles. The van der Waals surface area contributed by atoms with E-state index in [1.807, 2.05) is 0 Å². The van der Waals surface area contributed by atoms with Gasteiger partial charge in [-0.1, -0.05) is 82.6 Å². The molecular formula is C22H40ClNO2. The Morgan fingerprint density at radius 1 is 0.731 bits per heavy atom. The third-order valence-corrected chi connectivity index (χ3v) is 5.21. The number of aryl methyl sites for hydroxylation is 2. The molecule has 1 rings (SSSR count). The first-order valence-corrected chi connectivity index (χ1v) is 10.3. The Bertz CT molecular complexity index is 432. The third kappa shape index (κ3) is 11.2. The monoisotopic (exact) mass is 385 g/mol. The lowest BCUT2D eigenvalue weighted by atomic mass is 9.93. The number of hydrogen-bond donors (Lipinski definition) is 3. The second-order valence-corrected chi connectivity index (χ2v) is 7.71. The van der Waals surface area contributed by atoms with E-state index in [9.17, 15) is 10.2 Å². The predicted octanol–water partition coefficient (Wildman–Crippen LogP) is 0.662.